The summed E-state index contributed by atoms with van der Waals surface area (Å²) in [6.07, 6.45) is 0. The van der Waals surface area contributed by atoms with E-state index in [1.165, 1.54) is 107 Å². The van der Waals surface area contributed by atoms with Crippen LogP contribution in [0.2, 0.25) is 0 Å². The Morgan fingerprint density at radius 2 is 0.479 bits per heavy atom. The van der Waals surface area contributed by atoms with Crippen molar-refractivity contribution in [2.75, 3.05) is 0 Å². The molecular weight excluding hydrogens is 909 g/mol. The number of fused-ring (bicyclic) bond motifs is 5. The molecule has 0 N–H and O–H groups in total. The first-order valence-electron chi connectivity index (χ1n) is 25.7. The molecule has 1 aliphatic carbocycles. The maximum Gasteiger partial charge on any atom is 0.179 e. The van der Waals surface area contributed by atoms with Crippen molar-refractivity contribution in [1.82, 2.24) is 0 Å². The maximum atomic E-state index is 2.59. The van der Waals surface area contributed by atoms with E-state index >= 15 is 0 Å². The van der Waals surface area contributed by atoms with E-state index in [1.54, 1.807) is 0 Å². The first-order chi connectivity index (χ1) is 36.0. The Labute approximate surface area is 430 Å². The molecule has 0 fully saturated rings. The second kappa shape index (κ2) is 18.0. The Hall–Kier alpha value is -8.41. The number of rotatable bonds is 8. The lowest BCUT2D eigenvalue weighted by atomic mass is 9.82. The van der Waals surface area contributed by atoms with Crippen molar-refractivity contribution >= 4 is 101 Å². The fraction of sp³-hybridized carbons (Fsp3) is 0.0423. The van der Waals surface area contributed by atoms with E-state index in [0.29, 0.717) is 0 Å². The largest absolute Gasteiger partial charge is 0.179 e. The van der Waals surface area contributed by atoms with Crippen LogP contribution < -0.4 is 41.5 Å². The van der Waals surface area contributed by atoms with Crippen molar-refractivity contribution in [3.05, 3.63) is 302 Å². The van der Waals surface area contributed by atoms with Crippen molar-refractivity contribution in [2.45, 2.75) is 19.3 Å². The van der Waals surface area contributed by atoms with Crippen LogP contribution in [0.5, 0.6) is 0 Å². The molecule has 0 radical (unpaired) electrons. The van der Waals surface area contributed by atoms with Crippen LogP contribution in [0.3, 0.4) is 0 Å². The Morgan fingerprint density at radius 1 is 0.233 bits per heavy atom. The van der Waals surface area contributed by atoms with Gasteiger partial charge in [0.05, 0.1) is 0 Å². The lowest BCUT2D eigenvalue weighted by molar-refractivity contribution is 0.661. The lowest BCUT2D eigenvalue weighted by Crippen LogP contribution is -2.74. The average Bonchev–Trinajstić information content (AvgIpc) is 3.69. The maximum absolute atomic E-state index is 2.67. The van der Waals surface area contributed by atoms with E-state index in [4.69, 9.17) is 0 Å². The Morgan fingerprint density at radius 3 is 0.726 bits per heavy atom. The van der Waals surface area contributed by atoms with Gasteiger partial charge in [0.25, 0.3) is 0 Å². The Kier molecular flexibility index (Phi) is 11.0. The molecule has 13 aromatic rings. The van der Waals surface area contributed by atoms with Gasteiger partial charge >= 0.3 is 0 Å². The van der Waals surface area contributed by atoms with E-state index in [1.807, 2.05) is 0 Å². The molecule has 14 rings (SSSR count). The van der Waals surface area contributed by atoms with Crippen LogP contribution in [-0.4, -0.2) is 16.1 Å². The molecule has 0 unspecified atom stereocenters. The second-order valence-electron chi connectivity index (χ2n) is 20.3. The summed E-state index contributed by atoms with van der Waals surface area (Å²) < 4.78 is 0. The highest BCUT2D eigenvalue weighted by Gasteiger charge is 2.46. The molecule has 0 atom stereocenters. The summed E-state index contributed by atoms with van der Waals surface area (Å²) in [7, 11) is -5.35. The zero-order chi connectivity index (χ0) is 49.0. The summed E-state index contributed by atoms with van der Waals surface area (Å²) in [4.78, 5) is 0. The van der Waals surface area contributed by atoms with E-state index in [0.717, 1.165) is 0 Å². The normalized spacial score (nSPS) is 12.9. The smallest absolute Gasteiger partial charge is 0.0623 e. The zero-order valence-electron chi connectivity index (χ0n) is 41.2. The predicted molar refractivity (Wildman–Crippen MR) is 319 cm³/mol. The molecule has 0 aromatic heterocycles. The van der Waals surface area contributed by atoms with Crippen LogP contribution in [-0.2, 0) is 5.41 Å². The van der Waals surface area contributed by atoms with Gasteiger partial charge in [-0.3, -0.25) is 0 Å². The molecule has 0 amide bonds. The van der Waals surface area contributed by atoms with E-state index in [-0.39, 0.29) is 5.41 Å². The third-order valence-electron chi connectivity index (χ3n) is 16.2. The Bertz CT molecular complexity index is 3540. The third-order valence-corrected chi connectivity index (χ3v) is 25.7. The molecule has 1 aliphatic rings. The molecule has 346 valence electrons. The van der Waals surface area contributed by atoms with Gasteiger partial charge in [0, 0.05) is 5.41 Å². The van der Waals surface area contributed by atoms with Crippen molar-refractivity contribution in [2.24, 2.45) is 0 Å². The number of benzene rings is 13. The highest BCUT2D eigenvalue weighted by atomic mass is 28.3. The summed E-state index contributed by atoms with van der Waals surface area (Å²) in [6.45, 7) is 4.89. The van der Waals surface area contributed by atoms with Gasteiger partial charge in [-0.25, -0.2) is 0 Å². The van der Waals surface area contributed by atoms with Gasteiger partial charge in [-0.2, -0.15) is 0 Å². The van der Waals surface area contributed by atoms with Crippen LogP contribution in [0, 0.1) is 0 Å². The fourth-order valence-corrected chi connectivity index (χ4v) is 22.5. The second-order valence-corrected chi connectivity index (χ2v) is 27.9. The molecule has 0 saturated carbocycles. The molecule has 0 heterocycles. The predicted octanol–water partition coefficient (Wildman–Crippen LogP) is 12.5. The van der Waals surface area contributed by atoms with Gasteiger partial charge in [-0.15, -0.1) is 0 Å². The zero-order valence-corrected chi connectivity index (χ0v) is 43.2. The van der Waals surface area contributed by atoms with Gasteiger partial charge in [-0.1, -0.05) is 305 Å². The SMILES string of the molecule is CC1(C)c2cc([Si](c3ccccc3)(c3ccccc3)c3ccccc3)ccc2-c2ccc([Si](c3ccccc3)(c3ccccc3)c3ccccc3)cc21.c1cc2cccc3c4cccc5cccc(c(c1)c23)c54. The quantitative estimate of drug-likeness (QED) is 0.0616. The highest BCUT2D eigenvalue weighted by molar-refractivity contribution is 7.20. The summed E-state index contributed by atoms with van der Waals surface area (Å²) >= 11 is 0. The van der Waals surface area contributed by atoms with Crippen molar-refractivity contribution in [3.63, 3.8) is 0 Å². The van der Waals surface area contributed by atoms with Crippen LogP contribution in [0.4, 0.5) is 0 Å². The molecular formula is C71H54Si2. The van der Waals surface area contributed by atoms with E-state index in [9.17, 15) is 0 Å². The summed E-state index contributed by atoms with van der Waals surface area (Å²) in [6, 6.07) is 109. The number of hydrogen-bond donors (Lipinski definition) is 0. The topological polar surface area (TPSA) is 0 Å². The van der Waals surface area contributed by atoms with Crippen molar-refractivity contribution in [3.8, 4) is 11.1 Å². The molecule has 0 saturated heterocycles. The van der Waals surface area contributed by atoms with Gasteiger partial charge in [0.1, 0.15) is 0 Å². The standard InChI is InChI=1S/C51H42Si2.C20H12/c1-51(2)49-37-45(52(39-21-9-3-10-22-39,40-23-11-4-12-24-40)41-25-13-5-14-26-41)33-35-47(49)48-36-34-46(38-50(48)51)53(42-27-15-6-16-28-42,43-29-17-7-18-30-43)44-31-19-8-20-32-44;1-5-13-6-2-11-17-18-12-4-8-14-7-3-10-16(20(14)18)15(9-1)19(13)17/h3-38H,1-2H3;1-12H. The molecule has 13 aromatic carbocycles. The van der Waals surface area contributed by atoms with Crippen molar-refractivity contribution in [1.29, 1.82) is 0 Å². The van der Waals surface area contributed by atoms with Crippen LogP contribution in [0.15, 0.2) is 291 Å². The van der Waals surface area contributed by atoms with E-state index in [2.05, 4.69) is 305 Å². The fourth-order valence-electron chi connectivity index (χ4n) is 12.9. The monoisotopic (exact) mass is 962 g/mol. The highest BCUT2D eigenvalue weighted by Crippen LogP contribution is 2.48. The van der Waals surface area contributed by atoms with Crippen molar-refractivity contribution < 1.29 is 0 Å². The first kappa shape index (κ1) is 44.5. The first-order valence-corrected chi connectivity index (χ1v) is 29.7. The Balaban J connectivity index is 0.000000213. The van der Waals surface area contributed by atoms with E-state index < -0.39 is 16.1 Å². The molecule has 2 heteroatoms. The molecule has 0 spiro atoms. The summed E-state index contributed by atoms with van der Waals surface area (Å²) in [5.41, 5.74) is 5.32. The lowest BCUT2D eigenvalue weighted by Gasteiger charge is -2.36. The van der Waals surface area contributed by atoms with Crippen LogP contribution in [0.1, 0.15) is 25.0 Å². The minimum absolute atomic E-state index is 0.203. The van der Waals surface area contributed by atoms with Gasteiger partial charge in [0.15, 0.2) is 16.1 Å². The molecule has 0 bridgehead atoms. The van der Waals surface area contributed by atoms with Gasteiger partial charge in [-0.05, 0) is 107 Å². The third kappa shape index (κ3) is 7.00. The molecule has 0 aliphatic heterocycles. The van der Waals surface area contributed by atoms with Gasteiger partial charge < -0.3 is 0 Å². The minimum Gasteiger partial charge on any atom is -0.0623 e. The van der Waals surface area contributed by atoms with Gasteiger partial charge in [0.2, 0.25) is 0 Å². The van der Waals surface area contributed by atoms with Crippen LogP contribution >= 0.6 is 0 Å². The molecule has 0 nitrogen and oxygen atoms in total. The minimum atomic E-state index is -2.67. The summed E-state index contributed by atoms with van der Waals surface area (Å²) in [5, 5.41) is 22.1. The average molecular weight is 963 g/mol. The molecule has 73 heavy (non-hydrogen) atoms. The van der Waals surface area contributed by atoms with Crippen LogP contribution in [0.25, 0.3) is 54.2 Å². The number of hydrogen-bond acceptors (Lipinski definition) is 0. The summed E-state index contributed by atoms with van der Waals surface area (Å²) in [5.74, 6) is 0.